The van der Waals surface area contributed by atoms with Crippen molar-refractivity contribution in [3.63, 3.8) is 0 Å². The molecule has 0 aromatic carbocycles. The zero-order valence-corrected chi connectivity index (χ0v) is 10.8. The van der Waals surface area contributed by atoms with Crippen LogP contribution < -0.4 is 11.1 Å². The number of furan rings is 1. The molecule has 0 aliphatic rings. The van der Waals surface area contributed by atoms with Gasteiger partial charge in [-0.05, 0) is 38.0 Å². The number of anilines is 2. The highest BCUT2D eigenvalue weighted by molar-refractivity contribution is 5.53. The van der Waals surface area contributed by atoms with E-state index in [1.165, 1.54) is 0 Å². The van der Waals surface area contributed by atoms with Gasteiger partial charge < -0.3 is 15.5 Å². The number of hydrogen-bond acceptors (Lipinski definition) is 4. The van der Waals surface area contributed by atoms with Crippen molar-refractivity contribution >= 4 is 11.5 Å². The monoisotopic (exact) mass is 245 g/mol. The lowest BCUT2D eigenvalue weighted by Gasteiger charge is -2.14. The van der Waals surface area contributed by atoms with Crippen LogP contribution in [0.25, 0.3) is 0 Å². The van der Waals surface area contributed by atoms with Crippen molar-refractivity contribution in [1.82, 2.24) is 4.98 Å². The SMILES string of the molecule is Cc1cnc(NC(C)CCc2ccco2)cc1N. The Morgan fingerprint density at radius 3 is 3.00 bits per heavy atom. The first-order valence-corrected chi connectivity index (χ1v) is 6.16. The Bertz CT molecular complexity index is 494. The van der Waals surface area contributed by atoms with Crippen molar-refractivity contribution in [2.24, 2.45) is 0 Å². The van der Waals surface area contributed by atoms with Crippen molar-refractivity contribution in [2.75, 3.05) is 11.1 Å². The van der Waals surface area contributed by atoms with Gasteiger partial charge in [-0.2, -0.15) is 0 Å². The summed E-state index contributed by atoms with van der Waals surface area (Å²) in [7, 11) is 0. The summed E-state index contributed by atoms with van der Waals surface area (Å²) in [5.74, 6) is 1.84. The van der Waals surface area contributed by atoms with Crippen molar-refractivity contribution in [3.8, 4) is 0 Å². The summed E-state index contributed by atoms with van der Waals surface area (Å²) in [6.45, 7) is 4.08. The van der Waals surface area contributed by atoms with Gasteiger partial charge in [0.1, 0.15) is 11.6 Å². The van der Waals surface area contributed by atoms with Gasteiger partial charge in [0, 0.05) is 30.4 Å². The zero-order chi connectivity index (χ0) is 13.0. The highest BCUT2D eigenvalue weighted by Gasteiger charge is 2.06. The summed E-state index contributed by atoms with van der Waals surface area (Å²) in [6.07, 6.45) is 5.40. The Hall–Kier alpha value is -1.97. The van der Waals surface area contributed by atoms with Crippen LogP contribution in [0, 0.1) is 6.92 Å². The van der Waals surface area contributed by atoms with Crippen LogP contribution in [0.4, 0.5) is 11.5 Å². The van der Waals surface area contributed by atoms with Crippen molar-refractivity contribution < 1.29 is 4.42 Å². The molecule has 0 aliphatic carbocycles. The molecule has 0 saturated carbocycles. The number of aryl methyl sites for hydroxylation is 2. The minimum absolute atomic E-state index is 0.324. The van der Waals surface area contributed by atoms with E-state index in [1.54, 1.807) is 12.5 Å². The fourth-order valence-electron chi connectivity index (χ4n) is 1.76. The molecule has 2 heterocycles. The third-order valence-electron chi connectivity index (χ3n) is 2.94. The van der Waals surface area contributed by atoms with Gasteiger partial charge in [0.05, 0.1) is 6.26 Å². The van der Waals surface area contributed by atoms with Gasteiger partial charge in [-0.25, -0.2) is 4.98 Å². The van der Waals surface area contributed by atoms with Crippen LogP contribution in [0.2, 0.25) is 0 Å². The van der Waals surface area contributed by atoms with E-state index < -0.39 is 0 Å². The summed E-state index contributed by atoms with van der Waals surface area (Å²) in [5.41, 5.74) is 7.63. The average Bonchev–Trinajstić information content (AvgIpc) is 2.84. The fraction of sp³-hybridized carbons (Fsp3) is 0.357. The van der Waals surface area contributed by atoms with Crippen LogP contribution in [-0.2, 0) is 6.42 Å². The Balaban J connectivity index is 1.86. The number of nitrogens with one attached hydrogen (secondary N) is 1. The van der Waals surface area contributed by atoms with E-state index in [0.29, 0.717) is 6.04 Å². The Kier molecular flexibility index (Phi) is 3.87. The number of hydrogen-bond donors (Lipinski definition) is 2. The Morgan fingerprint density at radius 1 is 1.50 bits per heavy atom. The van der Waals surface area contributed by atoms with E-state index in [9.17, 15) is 0 Å². The van der Waals surface area contributed by atoms with Gasteiger partial charge in [-0.1, -0.05) is 0 Å². The summed E-state index contributed by atoms with van der Waals surface area (Å²) < 4.78 is 5.31. The molecule has 0 aliphatic heterocycles. The molecule has 0 radical (unpaired) electrons. The van der Waals surface area contributed by atoms with Crippen LogP contribution in [0.5, 0.6) is 0 Å². The molecule has 0 amide bonds. The predicted octanol–water partition coefficient (Wildman–Crippen LogP) is 3.00. The van der Waals surface area contributed by atoms with Crippen LogP contribution in [0.1, 0.15) is 24.7 Å². The number of nitrogen functional groups attached to an aromatic ring is 1. The number of nitrogens with two attached hydrogens (primary N) is 1. The summed E-state index contributed by atoms with van der Waals surface area (Å²) in [5, 5.41) is 3.34. The molecule has 3 N–H and O–H groups in total. The normalized spacial score (nSPS) is 12.3. The second kappa shape index (κ2) is 5.58. The first-order chi connectivity index (χ1) is 8.65. The summed E-state index contributed by atoms with van der Waals surface area (Å²) >= 11 is 0. The minimum Gasteiger partial charge on any atom is -0.469 e. The van der Waals surface area contributed by atoms with E-state index in [0.717, 1.165) is 35.7 Å². The summed E-state index contributed by atoms with van der Waals surface area (Å²) in [6, 6.07) is 6.10. The maximum atomic E-state index is 5.85. The average molecular weight is 245 g/mol. The first kappa shape index (κ1) is 12.5. The second-order valence-corrected chi connectivity index (χ2v) is 4.59. The van der Waals surface area contributed by atoms with Gasteiger partial charge in [0.2, 0.25) is 0 Å². The molecule has 4 nitrogen and oxygen atoms in total. The number of nitrogens with zero attached hydrogens (tertiary/aromatic N) is 1. The van der Waals surface area contributed by atoms with Crippen LogP contribution in [0.3, 0.4) is 0 Å². The maximum Gasteiger partial charge on any atom is 0.128 e. The second-order valence-electron chi connectivity index (χ2n) is 4.59. The quantitative estimate of drug-likeness (QED) is 0.850. The van der Waals surface area contributed by atoms with E-state index in [4.69, 9.17) is 10.2 Å². The topological polar surface area (TPSA) is 64.1 Å². The zero-order valence-electron chi connectivity index (χ0n) is 10.8. The maximum absolute atomic E-state index is 5.85. The lowest BCUT2D eigenvalue weighted by Crippen LogP contribution is -2.17. The highest BCUT2D eigenvalue weighted by Crippen LogP contribution is 2.15. The van der Waals surface area contributed by atoms with Crippen molar-refractivity contribution in [2.45, 2.75) is 32.7 Å². The van der Waals surface area contributed by atoms with E-state index in [1.807, 2.05) is 25.1 Å². The molecule has 0 saturated heterocycles. The molecule has 18 heavy (non-hydrogen) atoms. The number of rotatable bonds is 5. The minimum atomic E-state index is 0.324. The lowest BCUT2D eigenvalue weighted by atomic mass is 10.1. The predicted molar refractivity (Wildman–Crippen MR) is 73.5 cm³/mol. The van der Waals surface area contributed by atoms with Crippen LogP contribution >= 0.6 is 0 Å². The lowest BCUT2D eigenvalue weighted by molar-refractivity contribution is 0.495. The molecular weight excluding hydrogens is 226 g/mol. The van der Waals surface area contributed by atoms with E-state index >= 15 is 0 Å². The molecule has 0 fully saturated rings. The Morgan fingerprint density at radius 2 is 2.33 bits per heavy atom. The van der Waals surface area contributed by atoms with Crippen molar-refractivity contribution in [3.05, 3.63) is 42.0 Å². The molecule has 96 valence electrons. The standard InChI is InChI=1S/C14H19N3O/c1-10-9-16-14(8-13(10)15)17-11(2)5-6-12-4-3-7-18-12/h3-4,7-9,11H,5-6H2,1-2H3,(H3,15,16,17). The molecule has 0 spiro atoms. The van der Waals surface area contributed by atoms with Gasteiger partial charge >= 0.3 is 0 Å². The number of pyridine rings is 1. The third kappa shape index (κ3) is 3.26. The van der Waals surface area contributed by atoms with E-state index in [2.05, 4.69) is 17.2 Å². The molecule has 2 aromatic heterocycles. The number of aromatic nitrogens is 1. The first-order valence-electron chi connectivity index (χ1n) is 6.16. The molecule has 1 atom stereocenters. The van der Waals surface area contributed by atoms with Gasteiger partial charge in [-0.3, -0.25) is 0 Å². The highest BCUT2D eigenvalue weighted by atomic mass is 16.3. The largest absolute Gasteiger partial charge is 0.469 e. The smallest absolute Gasteiger partial charge is 0.128 e. The Labute approximate surface area is 107 Å². The van der Waals surface area contributed by atoms with E-state index in [-0.39, 0.29) is 0 Å². The molecule has 0 bridgehead atoms. The molecule has 2 rings (SSSR count). The van der Waals surface area contributed by atoms with Crippen molar-refractivity contribution in [1.29, 1.82) is 0 Å². The summed E-state index contributed by atoms with van der Waals surface area (Å²) in [4.78, 5) is 4.31. The van der Waals surface area contributed by atoms with Gasteiger partial charge in [-0.15, -0.1) is 0 Å². The van der Waals surface area contributed by atoms with Gasteiger partial charge in [0.15, 0.2) is 0 Å². The molecule has 4 heteroatoms. The molecular formula is C14H19N3O. The van der Waals surface area contributed by atoms with Crippen LogP contribution in [0.15, 0.2) is 35.1 Å². The third-order valence-corrected chi connectivity index (χ3v) is 2.94. The fourth-order valence-corrected chi connectivity index (χ4v) is 1.76. The molecule has 1 unspecified atom stereocenters. The molecule has 2 aromatic rings. The van der Waals surface area contributed by atoms with Crippen LogP contribution in [-0.4, -0.2) is 11.0 Å². The van der Waals surface area contributed by atoms with Gasteiger partial charge in [0.25, 0.3) is 0 Å².